The Morgan fingerprint density at radius 3 is 2.30 bits per heavy atom. The summed E-state index contributed by atoms with van der Waals surface area (Å²) in [5.74, 6) is -0.555. The molecule has 0 spiro atoms. The molecule has 0 aliphatic heterocycles. The van der Waals surface area contributed by atoms with Crippen LogP contribution < -0.4 is 0 Å². The van der Waals surface area contributed by atoms with Crippen LogP contribution in [0.4, 0.5) is 0 Å². The summed E-state index contributed by atoms with van der Waals surface area (Å²) in [5, 5.41) is 17.9. The van der Waals surface area contributed by atoms with Crippen molar-refractivity contribution in [3.63, 3.8) is 0 Å². The summed E-state index contributed by atoms with van der Waals surface area (Å²) in [6.07, 6.45) is 0.167. The standard InChI is InChI=1S/C15H21NO4/c1-11(2)10-16(8-7-15(19)20)14(18)9-12-3-5-13(17)6-4-12/h3-6,11,17H,7-10H2,1-2H3,(H,19,20). The minimum absolute atomic E-state index is 0.0476. The van der Waals surface area contributed by atoms with Gasteiger partial charge in [-0.05, 0) is 23.6 Å². The topological polar surface area (TPSA) is 77.8 Å². The largest absolute Gasteiger partial charge is 0.508 e. The zero-order chi connectivity index (χ0) is 15.1. The van der Waals surface area contributed by atoms with Crippen LogP contribution in [0.25, 0.3) is 0 Å². The van der Waals surface area contributed by atoms with E-state index in [0.29, 0.717) is 6.54 Å². The van der Waals surface area contributed by atoms with Crippen molar-refractivity contribution in [3.8, 4) is 5.75 Å². The normalized spacial score (nSPS) is 10.6. The number of benzene rings is 1. The van der Waals surface area contributed by atoms with E-state index in [1.54, 1.807) is 17.0 Å². The Hall–Kier alpha value is -2.04. The Morgan fingerprint density at radius 1 is 1.20 bits per heavy atom. The van der Waals surface area contributed by atoms with Crippen molar-refractivity contribution in [1.29, 1.82) is 0 Å². The lowest BCUT2D eigenvalue weighted by atomic mass is 10.1. The van der Waals surface area contributed by atoms with Crippen molar-refractivity contribution in [2.75, 3.05) is 13.1 Å². The predicted molar refractivity (Wildman–Crippen MR) is 75.5 cm³/mol. The lowest BCUT2D eigenvalue weighted by Gasteiger charge is -2.24. The molecular formula is C15H21NO4. The molecule has 1 rings (SSSR count). The zero-order valence-corrected chi connectivity index (χ0v) is 11.9. The van der Waals surface area contributed by atoms with E-state index in [9.17, 15) is 14.7 Å². The predicted octanol–water partition coefficient (Wildman–Crippen LogP) is 1.89. The third kappa shape index (κ3) is 5.73. The number of hydrogen-bond acceptors (Lipinski definition) is 3. The van der Waals surface area contributed by atoms with Crippen LogP contribution in [0, 0.1) is 5.92 Å². The SMILES string of the molecule is CC(C)CN(CCC(=O)O)C(=O)Cc1ccc(O)cc1. The van der Waals surface area contributed by atoms with Crippen molar-refractivity contribution in [2.24, 2.45) is 5.92 Å². The smallest absolute Gasteiger partial charge is 0.305 e. The Labute approximate surface area is 118 Å². The molecule has 0 aliphatic rings. The third-order valence-electron chi connectivity index (χ3n) is 2.83. The second-order valence-corrected chi connectivity index (χ2v) is 5.22. The van der Waals surface area contributed by atoms with Crippen LogP contribution in [-0.2, 0) is 16.0 Å². The first-order chi connectivity index (χ1) is 9.38. The number of carbonyl (C=O) groups is 2. The summed E-state index contributed by atoms with van der Waals surface area (Å²) in [4.78, 5) is 24.4. The van der Waals surface area contributed by atoms with Crippen LogP contribution in [0.15, 0.2) is 24.3 Å². The fourth-order valence-corrected chi connectivity index (χ4v) is 1.89. The molecule has 5 nitrogen and oxygen atoms in total. The number of hydrogen-bond donors (Lipinski definition) is 2. The first-order valence-corrected chi connectivity index (χ1v) is 6.66. The molecule has 0 bridgehead atoms. The van der Waals surface area contributed by atoms with E-state index in [1.165, 1.54) is 12.1 Å². The highest BCUT2D eigenvalue weighted by Gasteiger charge is 2.16. The van der Waals surface area contributed by atoms with Crippen LogP contribution in [0.2, 0.25) is 0 Å². The molecule has 0 aliphatic carbocycles. The number of carboxylic acids is 1. The Kier molecular flexibility index (Phi) is 6.03. The van der Waals surface area contributed by atoms with Gasteiger partial charge in [-0.2, -0.15) is 0 Å². The van der Waals surface area contributed by atoms with Crippen LogP contribution >= 0.6 is 0 Å². The lowest BCUT2D eigenvalue weighted by Crippen LogP contribution is -2.36. The summed E-state index contributed by atoms with van der Waals surface area (Å²) in [6, 6.07) is 6.45. The first kappa shape index (κ1) is 16.0. The van der Waals surface area contributed by atoms with Crippen LogP contribution in [0.5, 0.6) is 5.75 Å². The quantitative estimate of drug-likeness (QED) is 0.799. The number of amides is 1. The second kappa shape index (κ2) is 7.53. The molecular weight excluding hydrogens is 258 g/mol. The lowest BCUT2D eigenvalue weighted by molar-refractivity contribution is -0.138. The van der Waals surface area contributed by atoms with Gasteiger partial charge in [-0.3, -0.25) is 9.59 Å². The van der Waals surface area contributed by atoms with Gasteiger partial charge in [0.25, 0.3) is 0 Å². The third-order valence-corrected chi connectivity index (χ3v) is 2.83. The van der Waals surface area contributed by atoms with Crippen molar-refractivity contribution in [3.05, 3.63) is 29.8 Å². The zero-order valence-electron chi connectivity index (χ0n) is 11.9. The fourth-order valence-electron chi connectivity index (χ4n) is 1.89. The summed E-state index contributed by atoms with van der Waals surface area (Å²) in [7, 11) is 0. The van der Waals surface area contributed by atoms with E-state index < -0.39 is 5.97 Å². The van der Waals surface area contributed by atoms with Crippen molar-refractivity contribution in [2.45, 2.75) is 26.7 Å². The van der Waals surface area contributed by atoms with Crippen LogP contribution in [0.1, 0.15) is 25.8 Å². The first-order valence-electron chi connectivity index (χ1n) is 6.66. The molecule has 0 fully saturated rings. The summed E-state index contributed by atoms with van der Waals surface area (Å²) >= 11 is 0. The second-order valence-electron chi connectivity index (χ2n) is 5.22. The summed E-state index contributed by atoms with van der Waals surface area (Å²) in [6.45, 7) is 4.75. The Bertz CT molecular complexity index is 453. The highest BCUT2D eigenvalue weighted by molar-refractivity contribution is 5.79. The monoisotopic (exact) mass is 279 g/mol. The number of phenols is 1. The van der Waals surface area contributed by atoms with Crippen LogP contribution in [0.3, 0.4) is 0 Å². The highest BCUT2D eigenvalue weighted by atomic mass is 16.4. The van der Waals surface area contributed by atoms with Gasteiger partial charge in [-0.1, -0.05) is 26.0 Å². The maximum atomic E-state index is 12.2. The summed E-state index contributed by atoms with van der Waals surface area (Å²) < 4.78 is 0. The number of nitrogens with zero attached hydrogens (tertiary/aromatic N) is 1. The molecule has 1 aromatic rings. The number of phenolic OH excluding ortho intramolecular Hbond substituents is 1. The molecule has 110 valence electrons. The van der Waals surface area contributed by atoms with Gasteiger partial charge in [-0.25, -0.2) is 0 Å². The minimum atomic E-state index is -0.906. The van der Waals surface area contributed by atoms with Gasteiger partial charge in [0.1, 0.15) is 5.75 Å². The van der Waals surface area contributed by atoms with E-state index >= 15 is 0 Å². The van der Waals surface area contributed by atoms with Gasteiger partial charge >= 0.3 is 5.97 Å². The highest BCUT2D eigenvalue weighted by Crippen LogP contribution is 2.12. The van der Waals surface area contributed by atoms with Crippen molar-refractivity contribution in [1.82, 2.24) is 4.90 Å². The van der Waals surface area contributed by atoms with Gasteiger partial charge in [0.15, 0.2) is 0 Å². The summed E-state index contributed by atoms with van der Waals surface area (Å²) in [5.41, 5.74) is 0.803. The van der Waals surface area contributed by atoms with E-state index in [4.69, 9.17) is 5.11 Å². The van der Waals surface area contributed by atoms with Crippen LogP contribution in [-0.4, -0.2) is 40.1 Å². The number of carboxylic acid groups (broad SMARTS) is 1. The number of aromatic hydroxyl groups is 1. The molecule has 0 saturated heterocycles. The molecule has 1 aromatic carbocycles. The molecule has 0 heterocycles. The van der Waals surface area contributed by atoms with Gasteiger partial charge in [-0.15, -0.1) is 0 Å². The molecule has 5 heteroatoms. The average Bonchev–Trinajstić information content (AvgIpc) is 2.36. The minimum Gasteiger partial charge on any atom is -0.508 e. The molecule has 0 atom stereocenters. The number of carbonyl (C=O) groups excluding carboxylic acids is 1. The van der Waals surface area contributed by atoms with E-state index in [2.05, 4.69) is 0 Å². The van der Waals surface area contributed by atoms with Crippen molar-refractivity contribution < 1.29 is 19.8 Å². The Morgan fingerprint density at radius 2 is 1.80 bits per heavy atom. The molecule has 0 unspecified atom stereocenters. The van der Waals surface area contributed by atoms with Crippen molar-refractivity contribution >= 4 is 11.9 Å². The maximum absolute atomic E-state index is 12.2. The maximum Gasteiger partial charge on any atom is 0.305 e. The molecule has 1 amide bonds. The van der Waals surface area contributed by atoms with Gasteiger partial charge < -0.3 is 15.1 Å². The number of aliphatic carboxylic acids is 1. The van der Waals surface area contributed by atoms with Gasteiger partial charge in [0.05, 0.1) is 12.8 Å². The van der Waals surface area contributed by atoms with E-state index in [-0.39, 0.29) is 37.0 Å². The number of rotatable bonds is 7. The molecule has 20 heavy (non-hydrogen) atoms. The van der Waals surface area contributed by atoms with Gasteiger partial charge in [0.2, 0.25) is 5.91 Å². The Balaban J connectivity index is 2.66. The molecule has 0 radical (unpaired) electrons. The molecule has 0 saturated carbocycles. The van der Waals surface area contributed by atoms with E-state index in [0.717, 1.165) is 5.56 Å². The molecule has 2 N–H and O–H groups in total. The average molecular weight is 279 g/mol. The van der Waals surface area contributed by atoms with E-state index in [1.807, 2.05) is 13.8 Å². The fraction of sp³-hybridized carbons (Fsp3) is 0.467. The molecule has 0 aromatic heterocycles. The van der Waals surface area contributed by atoms with Gasteiger partial charge in [0, 0.05) is 13.1 Å².